The number of sulfone groups is 1. The summed E-state index contributed by atoms with van der Waals surface area (Å²) in [6, 6.07) is 0. The lowest BCUT2D eigenvalue weighted by Crippen LogP contribution is -2.11. The van der Waals surface area contributed by atoms with Crippen LogP contribution in [0.5, 0.6) is 5.75 Å². The maximum absolute atomic E-state index is 10.7. The summed E-state index contributed by atoms with van der Waals surface area (Å²) in [5.74, 6) is 0.619. The van der Waals surface area contributed by atoms with Crippen LogP contribution in [0, 0.1) is 0 Å². The monoisotopic (exact) mass is 204 g/mol. The van der Waals surface area contributed by atoms with E-state index in [1.54, 1.807) is 24.1 Å². The van der Waals surface area contributed by atoms with Crippen molar-refractivity contribution < 1.29 is 13.2 Å². The van der Waals surface area contributed by atoms with E-state index < -0.39 is 9.84 Å². The topological polar surface area (TPSA) is 61.2 Å². The molecule has 0 radical (unpaired) electrons. The quantitative estimate of drug-likeness (QED) is 0.684. The number of rotatable bonds is 4. The van der Waals surface area contributed by atoms with E-state index in [9.17, 15) is 8.42 Å². The first-order chi connectivity index (χ1) is 5.97. The molecule has 0 fully saturated rings. The fraction of sp³-hybridized carbons (Fsp3) is 0.571. The molecule has 6 heteroatoms. The molecule has 13 heavy (non-hydrogen) atoms. The highest BCUT2D eigenvalue weighted by Gasteiger charge is 2.02. The van der Waals surface area contributed by atoms with Crippen molar-refractivity contribution in [3.05, 3.63) is 12.4 Å². The maximum atomic E-state index is 10.7. The lowest BCUT2D eigenvalue weighted by Gasteiger charge is -2.00. The van der Waals surface area contributed by atoms with Crippen LogP contribution in [-0.4, -0.2) is 36.8 Å². The van der Waals surface area contributed by atoms with E-state index in [-0.39, 0.29) is 12.4 Å². The van der Waals surface area contributed by atoms with Gasteiger partial charge in [0.05, 0.1) is 18.1 Å². The van der Waals surface area contributed by atoms with Gasteiger partial charge in [0.1, 0.15) is 6.61 Å². The third-order valence-electron chi connectivity index (χ3n) is 1.40. The summed E-state index contributed by atoms with van der Waals surface area (Å²) in [6.45, 7) is 0.171. The van der Waals surface area contributed by atoms with Gasteiger partial charge in [-0.25, -0.2) is 8.42 Å². The highest BCUT2D eigenvalue weighted by molar-refractivity contribution is 7.90. The molecule has 0 atom stereocenters. The van der Waals surface area contributed by atoms with Crippen molar-refractivity contribution >= 4 is 9.84 Å². The molecule has 0 saturated heterocycles. The van der Waals surface area contributed by atoms with Gasteiger partial charge in [0.2, 0.25) is 0 Å². The fourth-order valence-corrected chi connectivity index (χ4v) is 1.17. The summed E-state index contributed by atoms with van der Waals surface area (Å²) in [6.07, 6.45) is 4.41. The molecule has 1 rings (SSSR count). The van der Waals surface area contributed by atoms with Crippen LogP contribution in [0.2, 0.25) is 0 Å². The molecule has 1 aromatic heterocycles. The Morgan fingerprint density at radius 1 is 1.62 bits per heavy atom. The van der Waals surface area contributed by atoms with Crippen molar-refractivity contribution in [1.29, 1.82) is 0 Å². The Bertz CT molecular complexity index is 369. The van der Waals surface area contributed by atoms with Crippen molar-refractivity contribution in [2.75, 3.05) is 18.6 Å². The molecule has 0 aromatic carbocycles. The van der Waals surface area contributed by atoms with Crippen LogP contribution in [0.15, 0.2) is 12.4 Å². The Hall–Kier alpha value is -1.04. The highest BCUT2D eigenvalue weighted by Crippen LogP contribution is 2.06. The van der Waals surface area contributed by atoms with E-state index in [2.05, 4.69) is 5.10 Å². The summed E-state index contributed by atoms with van der Waals surface area (Å²) in [7, 11) is -1.17. The number of ether oxygens (including phenoxy) is 1. The van der Waals surface area contributed by atoms with Gasteiger partial charge >= 0.3 is 0 Å². The smallest absolute Gasteiger partial charge is 0.157 e. The lowest BCUT2D eigenvalue weighted by atomic mass is 10.6. The molecule has 0 saturated carbocycles. The lowest BCUT2D eigenvalue weighted by molar-refractivity contribution is 0.341. The van der Waals surface area contributed by atoms with Gasteiger partial charge in [0.25, 0.3) is 0 Å². The Labute approximate surface area is 77.2 Å². The second-order valence-corrected chi connectivity index (χ2v) is 5.09. The predicted octanol–water partition coefficient (Wildman–Crippen LogP) is -0.157. The largest absolute Gasteiger partial charge is 0.489 e. The van der Waals surface area contributed by atoms with E-state index >= 15 is 0 Å². The summed E-state index contributed by atoms with van der Waals surface area (Å²) >= 11 is 0. The van der Waals surface area contributed by atoms with Crippen LogP contribution in [-0.2, 0) is 16.9 Å². The minimum absolute atomic E-state index is 0.0297. The Morgan fingerprint density at radius 2 is 2.31 bits per heavy atom. The van der Waals surface area contributed by atoms with Crippen LogP contribution in [0.3, 0.4) is 0 Å². The Balaban J connectivity index is 2.36. The van der Waals surface area contributed by atoms with Gasteiger partial charge < -0.3 is 4.74 Å². The molecule has 1 heterocycles. The Morgan fingerprint density at radius 3 is 2.77 bits per heavy atom. The first-order valence-electron chi connectivity index (χ1n) is 3.76. The third kappa shape index (κ3) is 3.93. The third-order valence-corrected chi connectivity index (χ3v) is 2.31. The van der Waals surface area contributed by atoms with Crippen molar-refractivity contribution in [3.63, 3.8) is 0 Å². The molecule has 0 amide bonds. The van der Waals surface area contributed by atoms with E-state index in [0.717, 1.165) is 0 Å². The number of nitrogens with zero attached hydrogens (tertiary/aromatic N) is 2. The van der Waals surface area contributed by atoms with Crippen LogP contribution in [0.4, 0.5) is 0 Å². The van der Waals surface area contributed by atoms with Gasteiger partial charge in [-0.1, -0.05) is 0 Å². The minimum Gasteiger partial charge on any atom is -0.489 e. The van der Waals surface area contributed by atoms with Crippen molar-refractivity contribution in [2.24, 2.45) is 7.05 Å². The summed E-state index contributed by atoms with van der Waals surface area (Å²) < 4.78 is 28.2. The van der Waals surface area contributed by atoms with Crippen molar-refractivity contribution in [2.45, 2.75) is 0 Å². The molecule has 0 bridgehead atoms. The second-order valence-electron chi connectivity index (χ2n) is 2.83. The van der Waals surface area contributed by atoms with E-state index in [1.165, 1.54) is 6.26 Å². The summed E-state index contributed by atoms with van der Waals surface area (Å²) in [5, 5.41) is 3.87. The minimum atomic E-state index is -2.94. The zero-order valence-electron chi connectivity index (χ0n) is 7.60. The van der Waals surface area contributed by atoms with Gasteiger partial charge in [0.15, 0.2) is 15.6 Å². The molecular weight excluding hydrogens is 192 g/mol. The second kappa shape index (κ2) is 3.78. The number of aromatic nitrogens is 2. The molecule has 74 valence electrons. The maximum Gasteiger partial charge on any atom is 0.157 e. The van der Waals surface area contributed by atoms with Crippen molar-refractivity contribution in [1.82, 2.24) is 9.78 Å². The molecule has 1 aromatic rings. The first-order valence-corrected chi connectivity index (χ1v) is 5.82. The van der Waals surface area contributed by atoms with Crippen LogP contribution >= 0.6 is 0 Å². The number of hydrogen-bond donors (Lipinski definition) is 0. The summed E-state index contributed by atoms with van der Waals surface area (Å²) in [5.41, 5.74) is 0. The molecule has 0 N–H and O–H groups in total. The predicted molar refractivity (Wildman–Crippen MR) is 48.4 cm³/mol. The fourth-order valence-electron chi connectivity index (χ4n) is 0.784. The van der Waals surface area contributed by atoms with Gasteiger partial charge in [-0.05, 0) is 0 Å². The SMILES string of the molecule is Cn1cc(OCCS(C)(=O)=O)cn1. The molecule has 0 aliphatic rings. The van der Waals surface area contributed by atoms with Gasteiger partial charge in [0, 0.05) is 13.3 Å². The number of hydrogen-bond acceptors (Lipinski definition) is 4. The van der Waals surface area contributed by atoms with E-state index in [4.69, 9.17) is 4.74 Å². The standard InChI is InChI=1S/C7H12N2O3S/c1-9-6-7(5-8-9)12-3-4-13(2,10)11/h5-6H,3-4H2,1-2H3. The first kappa shape index (κ1) is 10.0. The van der Waals surface area contributed by atoms with Crippen LogP contribution in [0.25, 0.3) is 0 Å². The normalized spacial score (nSPS) is 11.5. The van der Waals surface area contributed by atoms with Crippen molar-refractivity contribution in [3.8, 4) is 5.75 Å². The van der Waals surface area contributed by atoms with Gasteiger partial charge in [-0.15, -0.1) is 0 Å². The molecule has 0 aliphatic carbocycles. The van der Waals surface area contributed by atoms with Gasteiger partial charge in [-0.2, -0.15) is 5.10 Å². The zero-order chi connectivity index (χ0) is 9.90. The van der Waals surface area contributed by atoms with Crippen LogP contribution < -0.4 is 4.74 Å². The molecule has 5 nitrogen and oxygen atoms in total. The summed E-state index contributed by atoms with van der Waals surface area (Å²) in [4.78, 5) is 0. The number of aryl methyl sites for hydroxylation is 1. The van der Waals surface area contributed by atoms with E-state index in [1.807, 2.05) is 0 Å². The highest BCUT2D eigenvalue weighted by atomic mass is 32.2. The molecule has 0 aliphatic heterocycles. The zero-order valence-corrected chi connectivity index (χ0v) is 8.41. The van der Waals surface area contributed by atoms with E-state index in [0.29, 0.717) is 5.75 Å². The molecule has 0 unspecified atom stereocenters. The Kier molecular flexibility index (Phi) is 2.92. The average Bonchev–Trinajstić information content (AvgIpc) is 2.33. The van der Waals surface area contributed by atoms with Crippen LogP contribution in [0.1, 0.15) is 0 Å². The average molecular weight is 204 g/mol. The molecule has 0 spiro atoms. The molecular formula is C7H12N2O3S. The van der Waals surface area contributed by atoms with Gasteiger partial charge in [-0.3, -0.25) is 4.68 Å².